The molecule has 9 heteroatoms. The fraction of sp³-hybridized carbons (Fsp3) is 0.217. The summed E-state index contributed by atoms with van der Waals surface area (Å²) >= 11 is 6.13. The minimum atomic E-state index is -0.691. The predicted molar refractivity (Wildman–Crippen MR) is 118 cm³/mol. The Balaban J connectivity index is 1.73. The van der Waals surface area contributed by atoms with E-state index in [2.05, 4.69) is 10.1 Å². The van der Waals surface area contributed by atoms with Gasteiger partial charge in [-0.05, 0) is 55.0 Å². The van der Waals surface area contributed by atoms with E-state index in [1.165, 1.54) is 43.5 Å². The number of carbonyl (C=O) groups is 4. The third kappa shape index (κ3) is 4.81. The average Bonchev–Trinajstić information content (AvgIpc) is 3.02. The van der Waals surface area contributed by atoms with Crippen molar-refractivity contribution >= 4 is 46.7 Å². The molecule has 0 aliphatic carbocycles. The molecule has 166 valence electrons. The van der Waals surface area contributed by atoms with Gasteiger partial charge >= 0.3 is 11.9 Å². The van der Waals surface area contributed by atoms with Crippen LogP contribution in [-0.2, 0) is 19.1 Å². The zero-order chi connectivity index (χ0) is 23.3. The number of nitrogens with zero attached hydrogens (tertiary/aromatic N) is 1. The molecule has 1 N–H and O–H groups in total. The predicted octanol–water partition coefficient (Wildman–Crippen LogP) is 3.87. The van der Waals surface area contributed by atoms with Gasteiger partial charge in [0.2, 0.25) is 0 Å². The Morgan fingerprint density at radius 3 is 2.12 bits per heavy atom. The van der Waals surface area contributed by atoms with E-state index >= 15 is 0 Å². The van der Waals surface area contributed by atoms with Gasteiger partial charge in [0.25, 0.3) is 11.8 Å². The molecule has 0 aromatic heterocycles. The lowest BCUT2D eigenvalue weighted by Crippen LogP contribution is -2.32. The number of benzene rings is 2. The van der Waals surface area contributed by atoms with Crippen LogP contribution in [0.3, 0.4) is 0 Å². The number of hydrogen-bond donors (Lipinski definition) is 1. The van der Waals surface area contributed by atoms with Crippen LogP contribution in [0.2, 0.25) is 0 Å². The Hall–Kier alpha value is -3.65. The first kappa shape index (κ1) is 23.0. The van der Waals surface area contributed by atoms with Gasteiger partial charge in [-0.25, -0.2) is 14.5 Å². The topological polar surface area (TPSA) is 102 Å². The minimum Gasteiger partial charge on any atom is -0.465 e. The van der Waals surface area contributed by atoms with Crippen molar-refractivity contribution in [3.8, 4) is 0 Å². The first-order valence-electron chi connectivity index (χ1n) is 9.88. The summed E-state index contributed by atoms with van der Waals surface area (Å²) < 4.78 is 9.80. The summed E-state index contributed by atoms with van der Waals surface area (Å²) in [5.41, 5.74) is 1.28. The highest BCUT2D eigenvalue weighted by Gasteiger charge is 2.39. The van der Waals surface area contributed by atoms with Gasteiger partial charge in [0.15, 0.2) is 0 Å². The summed E-state index contributed by atoms with van der Waals surface area (Å²) in [4.78, 5) is 50.0. The standard InChI is InChI=1S/C23H21ClN2O6/c1-3-4-13-32-23(30)15-7-11-17(12-8-15)26-20(27)18(24)19(21(26)28)25-16-9-5-14(6-10-16)22(29)31-2/h5-12,25H,3-4,13H2,1-2H3. The van der Waals surface area contributed by atoms with Crippen LogP contribution >= 0.6 is 11.6 Å². The van der Waals surface area contributed by atoms with E-state index in [4.69, 9.17) is 16.3 Å². The molecule has 0 radical (unpaired) electrons. The molecule has 0 bridgehead atoms. The molecule has 2 amide bonds. The monoisotopic (exact) mass is 456 g/mol. The molecule has 0 fully saturated rings. The highest BCUT2D eigenvalue weighted by Crippen LogP contribution is 2.30. The van der Waals surface area contributed by atoms with Crippen LogP contribution < -0.4 is 10.2 Å². The van der Waals surface area contributed by atoms with Crippen LogP contribution in [0.1, 0.15) is 40.5 Å². The molecule has 8 nitrogen and oxygen atoms in total. The molecule has 0 saturated carbocycles. The van der Waals surface area contributed by atoms with Crippen LogP contribution in [0.4, 0.5) is 11.4 Å². The maximum absolute atomic E-state index is 12.9. The van der Waals surface area contributed by atoms with Crippen LogP contribution in [0, 0.1) is 0 Å². The van der Waals surface area contributed by atoms with Gasteiger partial charge in [-0.1, -0.05) is 24.9 Å². The Labute approximate surface area is 189 Å². The number of rotatable bonds is 8. The third-order valence-electron chi connectivity index (χ3n) is 4.69. The van der Waals surface area contributed by atoms with Crippen molar-refractivity contribution in [2.24, 2.45) is 0 Å². The average molecular weight is 457 g/mol. The molecule has 32 heavy (non-hydrogen) atoms. The third-order valence-corrected chi connectivity index (χ3v) is 5.05. The first-order chi connectivity index (χ1) is 15.4. The second-order valence-electron chi connectivity index (χ2n) is 6.86. The fourth-order valence-corrected chi connectivity index (χ4v) is 3.15. The van der Waals surface area contributed by atoms with Crippen molar-refractivity contribution < 1.29 is 28.7 Å². The number of nitrogens with one attached hydrogen (secondary N) is 1. The van der Waals surface area contributed by atoms with Crippen LogP contribution in [0.5, 0.6) is 0 Å². The quantitative estimate of drug-likeness (QED) is 0.365. The molecule has 0 saturated heterocycles. The molecule has 1 aliphatic rings. The summed E-state index contributed by atoms with van der Waals surface area (Å²) in [7, 11) is 1.28. The van der Waals surface area contributed by atoms with Gasteiger partial charge in [0.05, 0.1) is 30.5 Å². The number of hydrogen-bond acceptors (Lipinski definition) is 7. The summed E-state index contributed by atoms with van der Waals surface area (Å²) in [6.45, 7) is 2.32. The number of halogens is 1. The molecule has 0 unspecified atom stereocenters. The van der Waals surface area contributed by atoms with Gasteiger partial charge in [0, 0.05) is 5.69 Å². The Morgan fingerprint density at radius 1 is 0.938 bits per heavy atom. The first-order valence-corrected chi connectivity index (χ1v) is 10.3. The SMILES string of the molecule is CCCCOC(=O)c1ccc(N2C(=O)C(Cl)=C(Nc3ccc(C(=O)OC)cc3)C2=O)cc1. The second kappa shape index (κ2) is 10.1. The lowest BCUT2D eigenvalue weighted by Gasteiger charge is -2.15. The highest BCUT2D eigenvalue weighted by atomic mass is 35.5. The lowest BCUT2D eigenvalue weighted by atomic mass is 10.2. The summed E-state index contributed by atoms with van der Waals surface area (Å²) in [5, 5.41) is 2.55. The van der Waals surface area contributed by atoms with E-state index in [1.54, 1.807) is 12.1 Å². The Kier molecular flexibility index (Phi) is 7.27. The van der Waals surface area contributed by atoms with E-state index in [0.717, 1.165) is 17.7 Å². The maximum Gasteiger partial charge on any atom is 0.338 e. The van der Waals surface area contributed by atoms with E-state index in [1.807, 2.05) is 6.92 Å². The number of methoxy groups -OCH3 is 1. The number of imide groups is 1. The molecule has 2 aromatic rings. The number of esters is 2. The van der Waals surface area contributed by atoms with Crippen molar-refractivity contribution in [2.45, 2.75) is 19.8 Å². The molecule has 1 aliphatic heterocycles. The van der Waals surface area contributed by atoms with Crippen molar-refractivity contribution in [1.82, 2.24) is 0 Å². The number of amides is 2. The van der Waals surface area contributed by atoms with E-state index in [-0.39, 0.29) is 16.4 Å². The van der Waals surface area contributed by atoms with Gasteiger partial charge in [-0.15, -0.1) is 0 Å². The zero-order valence-electron chi connectivity index (χ0n) is 17.5. The summed E-state index contributed by atoms with van der Waals surface area (Å²) in [6.07, 6.45) is 1.68. The number of anilines is 2. The molecular weight excluding hydrogens is 436 g/mol. The van der Waals surface area contributed by atoms with Crippen molar-refractivity contribution in [2.75, 3.05) is 23.9 Å². The molecule has 0 atom stereocenters. The smallest absolute Gasteiger partial charge is 0.338 e. The van der Waals surface area contributed by atoms with Crippen molar-refractivity contribution in [3.63, 3.8) is 0 Å². The summed E-state index contributed by atoms with van der Waals surface area (Å²) in [6, 6.07) is 12.1. The zero-order valence-corrected chi connectivity index (χ0v) is 18.3. The Morgan fingerprint density at radius 2 is 1.53 bits per heavy atom. The van der Waals surface area contributed by atoms with Crippen LogP contribution in [0.15, 0.2) is 59.3 Å². The van der Waals surface area contributed by atoms with E-state index < -0.39 is 23.8 Å². The van der Waals surface area contributed by atoms with Gasteiger partial charge < -0.3 is 14.8 Å². The highest BCUT2D eigenvalue weighted by molar-refractivity contribution is 6.53. The lowest BCUT2D eigenvalue weighted by molar-refractivity contribution is -0.120. The summed E-state index contributed by atoms with van der Waals surface area (Å²) in [5.74, 6) is -2.30. The molecular formula is C23H21ClN2O6. The molecule has 1 heterocycles. The van der Waals surface area contributed by atoms with E-state index in [0.29, 0.717) is 23.4 Å². The van der Waals surface area contributed by atoms with Crippen molar-refractivity contribution in [3.05, 3.63) is 70.4 Å². The number of unbranched alkanes of at least 4 members (excludes halogenated alkanes) is 1. The van der Waals surface area contributed by atoms with Crippen molar-refractivity contribution in [1.29, 1.82) is 0 Å². The van der Waals surface area contributed by atoms with Gasteiger partial charge in [-0.2, -0.15) is 0 Å². The Bertz CT molecular complexity index is 1080. The van der Waals surface area contributed by atoms with Crippen LogP contribution in [0.25, 0.3) is 0 Å². The second-order valence-corrected chi connectivity index (χ2v) is 7.24. The van der Waals surface area contributed by atoms with Gasteiger partial charge in [-0.3, -0.25) is 9.59 Å². The normalized spacial score (nSPS) is 13.4. The van der Waals surface area contributed by atoms with Crippen LogP contribution in [-0.4, -0.2) is 37.5 Å². The number of carbonyl (C=O) groups excluding carboxylic acids is 4. The molecule has 2 aromatic carbocycles. The largest absolute Gasteiger partial charge is 0.465 e. The molecule has 0 spiro atoms. The number of ether oxygens (including phenoxy) is 2. The molecule has 3 rings (SSSR count). The van der Waals surface area contributed by atoms with E-state index in [9.17, 15) is 19.2 Å². The minimum absolute atomic E-state index is 0.0921. The van der Waals surface area contributed by atoms with Gasteiger partial charge in [0.1, 0.15) is 10.7 Å². The fourth-order valence-electron chi connectivity index (χ4n) is 2.94. The maximum atomic E-state index is 12.9.